The molecule has 0 radical (unpaired) electrons. The monoisotopic (exact) mass is 231 g/mol. The minimum Gasteiger partial charge on any atom is -0.321 e. The standard InChI is InChI=1S/C16H25N/c1-3-4-14-5-7-15(8-6-14)16(17)11-9-13(2)10-12-16/h5-8,13H,3-4,9-12,17H2,1-2H3. The van der Waals surface area contributed by atoms with Gasteiger partial charge in [0.25, 0.3) is 0 Å². The van der Waals surface area contributed by atoms with Crippen molar-refractivity contribution in [2.45, 2.75) is 57.9 Å². The van der Waals surface area contributed by atoms with Crippen LogP contribution in [0.15, 0.2) is 24.3 Å². The minimum atomic E-state index is -0.0583. The lowest BCUT2D eigenvalue weighted by atomic mass is 9.74. The van der Waals surface area contributed by atoms with E-state index in [0.717, 1.165) is 18.8 Å². The first-order chi connectivity index (χ1) is 8.14. The fraction of sp³-hybridized carbons (Fsp3) is 0.625. The highest BCUT2D eigenvalue weighted by Crippen LogP contribution is 2.37. The van der Waals surface area contributed by atoms with Gasteiger partial charge >= 0.3 is 0 Å². The first-order valence-corrected chi connectivity index (χ1v) is 7.02. The second-order valence-electron chi connectivity index (χ2n) is 5.79. The fourth-order valence-electron chi connectivity index (χ4n) is 2.86. The van der Waals surface area contributed by atoms with Crippen molar-refractivity contribution in [1.82, 2.24) is 0 Å². The van der Waals surface area contributed by atoms with Crippen LogP contribution in [-0.2, 0) is 12.0 Å². The van der Waals surface area contributed by atoms with Crippen LogP contribution >= 0.6 is 0 Å². The first kappa shape index (κ1) is 12.6. The van der Waals surface area contributed by atoms with E-state index in [9.17, 15) is 0 Å². The summed E-state index contributed by atoms with van der Waals surface area (Å²) in [5.41, 5.74) is 9.28. The van der Waals surface area contributed by atoms with Crippen molar-refractivity contribution in [3.63, 3.8) is 0 Å². The molecule has 0 atom stereocenters. The molecule has 0 aromatic heterocycles. The second-order valence-corrected chi connectivity index (χ2v) is 5.79. The Balaban J connectivity index is 2.10. The number of hydrogen-bond acceptors (Lipinski definition) is 1. The van der Waals surface area contributed by atoms with E-state index in [0.29, 0.717) is 0 Å². The molecule has 1 aromatic rings. The van der Waals surface area contributed by atoms with Gasteiger partial charge in [-0.1, -0.05) is 44.5 Å². The third-order valence-electron chi connectivity index (χ3n) is 4.23. The molecule has 1 heteroatoms. The molecule has 17 heavy (non-hydrogen) atoms. The van der Waals surface area contributed by atoms with Crippen LogP contribution in [0.25, 0.3) is 0 Å². The number of aryl methyl sites for hydroxylation is 1. The molecule has 0 bridgehead atoms. The average Bonchev–Trinajstić information content (AvgIpc) is 2.35. The van der Waals surface area contributed by atoms with Gasteiger partial charge in [0, 0.05) is 5.54 Å². The third-order valence-corrected chi connectivity index (χ3v) is 4.23. The number of nitrogens with two attached hydrogens (primary N) is 1. The Bertz CT molecular complexity index is 344. The van der Waals surface area contributed by atoms with E-state index in [1.807, 2.05) is 0 Å². The molecule has 1 aliphatic carbocycles. The van der Waals surface area contributed by atoms with E-state index < -0.39 is 0 Å². The predicted molar refractivity (Wildman–Crippen MR) is 73.9 cm³/mol. The van der Waals surface area contributed by atoms with Crippen LogP contribution in [0.4, 0.5) is 0 Å². The summed E-state index contributed by atoms with van der Waals surface area (Å²) in [6.45, 7) is 4.56. The van der Waals surface area contributed by atoms with Gasteiger partial charge in [-0.15, -0.1) is 0 Å². The number of benzene rings is 1. The van der Waals surface area contributed by atoms with E-state index in [4.69, 9.17) is 5.73 Å². The van der Waals surface area contributed by atoms with Crippen LogP contribution in [0.2, 0.25) is 0 Å². The van der Waals surface area contributed by atoms with Crippen LogP contribution in [0.5, 0.6) is 0 Å². The first-order valence-electron chi connectivity index (χ1n) is 7.02. The molecule has 1 fully saturated rings. The smallest absolute Gasteiger partial charge is 0.0409 e. The van der Waals surface area contributed by atoms with Gasteiger partial charge in [0.1, 0.15) is 0 Å². The topological polar surface area (TPSA) is 26.0 Å². The predicted octanol–water partition coefficient (Wildman–Crippen LogP) is 4.00. The third kappa shape index (κ3) is 2.90. The average molecular weight is 231 g/mol. The largest absolute Gasteiger partial charge is 0.321 e. The lowest BCUT2D eigenvalue weighted by Crippen LogP contribution is -2.40. The number of rotatable bonds is 3. The van der Waals surface area contributed by atoms with Gasteiger partial charge in [0.2, 0.25) is 0 Å². The van der Waals surface area contributed by atoms with E-state index in [1.54, 1.807) is 0 Å². The normalized spacial score (nSPS) is 29.2. The van der Waals surface area contributed by atoms with Crippen LogP contribution in [0.1, 0.15) is 57.1 Å². The summed E-state index contributed by atoms with van der Waals surface area (Å²) in [4.78, 5) is 0. The highest BCUT2D eigenvalue weighted by molar-refractivity contribution is 5.29. The van der Waals surface area contributed by atoms with Crippen molar-refractivity contribution in [3.05, 3.63) is 35.4 Å². The molecule has 0 unspecified atom stereocenters. The Morgan fingerprint density at radius 2 is 1.76 bits per heavy atom. The quantitative estimate of drug-likeness (QED) is 0.836. The second kappa shape index (κ2) is 5.22. The SMILES string of the molecule is CCCc1ccc(C2(N)CCC(C)CC2)cc1. The van der Waals surface area contributed by atoms with Crippen LogP contribution in [-0.4, -0.2) is 0 Å². The molecule has 2 N–H and O–H groups in total. The molecule has 1 nitrogen and oxygen atoms in total. The van der Waals surface area contributed by atoms with E-state index in [1.165, 1.54) is 36.8 Å². The summed E-state index contributed by atoms with van der Waals surface area (Å²) in [6.07, 6.45) is 7.21. The Morgan fingerprint density at radius 3 is 2.29 bits per heavy atom. The fourth-order valence-corrected chi connectivity index (χ4v) is 2.86. The van der Waals surface area contributed by atoms with Gasteiger partial charge in [-0.25, -0.2) is 0 Å². The Hall–Kier alpha value is -0.820. The number of hydrogen-bond donors (Lipinski definition) is 1. The van der Waals surface area contributed by atoms with Crippen molar-refractivity contribution in [2.24, 2.45) is 11.7 Å². The van der Waals surface area contributed by atoms with E-state index in [-0.39, 0.29) is 5.54 Å². The summed E-state index contributed by atoms with van der Waals surface area (Å²) in [5, 5.41) is 0. The lowest BCUT2D eigenvalue weighted by molar-refractivity contribution is 0.248. The molecule has 1 aliphatic rings. The van der Waals surface area contributed by atoms with Gasteiger partial charge in [-0.05, 0) is 49.1 Å². The van der Waals surface area contributed by atoms with Crippen molar-refractivity contribution in [2.75, 3.05) is 0 Å². The highest BCUT2D eigenvalue weighted by Gasteiger charge is 2.31. The molecule has 94 valence electrons. The summed E-state index contributed by atoms with van der Waals surface area (Å²) in [7, 11) is 0. The van der Waals surface area contributed by atoms with Gasteiger partial charge in [-0.2, -0.15) is 0 Å². The van der Waals surface area contributed by atoms with Gasteiger partial charge < -0.3 is 5.73 Å². The molecule has 0 heterocycles. The molecule has 1 saturated carbocycles. The molecule has 0 saturated heterocycles. The maximum atomic E-state index is 6.57. The van der Waals surface area contributed by atoms with Crippen LogP contribution in [0.3, 0.4) is 0 Å². The van der Waals surface area contributed by atoms with Crippen LogP contribution < -0.4 is 5.73 Å². The molecular formula is C16H25N. The van der Waals surface area contributed by atoms with Gasteiger partial charge in [0.15, 0.2) is 0 Å². The van der Waals surface area contributed by atoms with E-state index >= 15 is 0 Å². The van der Waals surface area contributed by atoms with Gasteiger partial charge in [0.05, 0.1) is 0 Å². The zero-order valence-corrected chi connectivity index (χ0v) is 11.2. The summed E-state index contributed by atoms with van der Waals surface area (Å²) < 4.78 is 0. The molecule has 0 amide bonds. The molecular weight excluding hydrogens is 206 g/mol. The molecule has 1 aromatic carbocycles. The van der Waals surface area contributed by atoms with E-state index in [2.05, 4.69) is 38.1 Å². The highest BCUT2D eigenvalue weighted by atomic mass is 14.7. The maximum Gasteiger partial charge on any atom is 0.0409 e. The molecule has 0 aliphatic heterocycles. The zero-order valence-electron chi connectivity index (χ0n) is 11.2. The Morgan fingerprint density at radius 1 is 1.18 bits per heavy atom. The summed E-state index contributed by atoms with van der Waals surface area (Å²) >= 11 is 0. The van der Waals surface area contributed by atoms with Crippen LogP contribution in [0, 0.1) is 5.92 Å². The Kier molecular flexibility index (Phi) is 3.88. The molecule has 0 spiro atoms. The lowest BCUT2D eigenvalue weighted by Gasteiger charge is -2.36. The molecule has 2 rings (SSSR count). The van der Waals surface area contributed by atoms with Crippen molar-refractivity contribution >= 4 is 0 Å². The minimum absolute atomic E-state index is 0.0583. The van der Waals surface area contributed by atoms with Crippen molar-refractivity contribution < 1.29 is 0 Å². The Labute approximate surface area is 105 Å². The summed E-state index contributed by atoms with van der Waals surface area (Å²) in [5.74, 6) is 0.853. The van der Waals surface area contributed by atoms with Gasteiger partial charge in [-0.3, -0.25) is 0 Å². The zero-order chi connectivity index (χ0) is 12.3. The van der Waals surface area contributed by atoms with Crippen molar-refractivity contribution in [3.8, 4) is 0 Å². The summed E-state index contributed by atoms with van der Waals surface area (Å²) in [6, 6.07) is 9.01. The maximum absolute atomic E-state index is 6.57. The van der Waals surface area contributed by atoms with Crippen molar-refractivity contribution in [1.29, 1.82) is 0 Å².